The number of carbonyl (C=O) groups is 1. The highest BCUT2D eigenvalue weighted by Crippen LogP contribution is 2.23. The first-order chi connectivity index (χ1) is 7.50. The van der Waals surface area contributed by atoms with Crippen LogP contribution in [0.25, 0.3) is 10.9 Å². The Bertz CT molecular complexity index is 588. The number of carboxylic acid groups (broad SMARTS) is 1. The summed E-state index contributed by atoms with van der Waals surface area (Å²) in [5.41, 5.74) is 4.60. The summed E-state index contributed by atoms with van der Waals surface area (Å²) < 4.78 is 0. The minimum Gasteiger partial charge on any atom is -0.478 e. The maximum Gasteiger partial charge on any atom is 0.337 e. The highest BCUT2D eigenvalue weighted by atomic mass is 16.4. The predicted molar refractivity (Wildman–Crippen MR) is 62.9 cm³/mol. The number of benzene rings is 1. The fourth-order valence-corrected chi connectivity index (χ4v) is 1.84. The summed E-state index contributed by atoms with van der Waals surface area (Å²) in [4.78, 5) is 15.1. The molecule has 0 saturated carbocycles. The minimum absolute atomic E-state index is 0.232. The maximum absolute atomic E-state index is 10.8. The van der Waals surface area contributed by atoms with Crippen molar-refractivity contribution in [2.75, 3.05) is 0 Å². The van der Waals surface area contributed by atoms with Crippen molar-refractivity contribution in [1.82, 2.24) is 4.98 Å². The molecule has 0 aliphatic carbocycles. The highest BCUT2D eigenvalue weighted by molar-refractivity contribution is 5.93. The van der Waals surface area contributed by atoms with Crippen molar-refractivity contribution in [3.8, 4) is 0 Å². The van der Waals surface area contributed by atoms with E-state index in [0.717, 1.165) is 22.0 Å². The topological polar surface area (TPSA) is 50.2 Å². The Hall–Kier alpha value is -1.90. The minimum atomic E-state index is -0.940. The Balaban J connectivity index is 2.81. The van der Waals surface area contributed by atoms with Gasteiger partial charge >= 0.3 is 5.97 Å². The van der Waals surface area contributed by atoms with Crippen molar-refractivity contribution in [3.05, 3.63) is 40.6 Å². The Morgan fingerprint density at radius 3 is 2.50 bits per heavy atom. The van der Waals surface area contributed by atoms with E-state index in [1.165, 1.54) is 11.8 Å². The molecule has 0 saturated heterocycles. The predicted octanol–water partition coefficient (Wildman–Crippen LogP) is 2.86. The molecule has 0 aliphatic rings. The van der Waals surface area contributed by atoms with Crippen LogP contribution in [0.15, 0.2) is 18.3 Å². The summed E-state index contributed by atoms with van der Waals surface area (Å²) in [7, 11) is 0. The van der Waals surface area contributed by atoms with Gasteiger partial charge in [0.2, 0.25) is 0 Å². The fourth-order valence-electron chi connectivity index (χ4n) is 1.84. The molecule has 0 spiro atoms. The van der Waals surface area contributed by atoms with E-state index in [0.29, 0.717) is 0 Å². The molecule has 2 aromatic rings. The van der Waals surface area contributed by atoms with Crippen molar-refractivity contribution < 1.29 is 9.90 Å². The molecule has 1 aromatic carbocycles. The second-order valence-electron chi connectivity index (χ2n) is 4.04. The zero-order chi connectivity index (χ0) is 11.9. The van der Waals surface area contributed by atoms with Crippen LogP contribution in [0.1, 0.15) is 27.0 Å². The number of aromatic nitrogens is 1. The van der Waals surface area contributed by atoms with E-state index >= 15 is 0 Å². The number of aryl methyl sites for hydroxylation is 2. The first-order valence-electron chi connectivity index (χ1n) is 5.10. The van der Waals surface area contributed by atoms with E-state index < -0.39 is 5.97 Å². The van der Waals surface area contributed by atoms with E-state index in [-0.39, 0.29) is 5.56 Å². The van der Waals surface area contributed by atoms with Gasteiger partial charge in [-0.1, -0.05) is 0 Å². The molecule has 3 heteroatoms. The number of pyridine rings is 1. The van der Waals surface area contributed by atoms with Crippen LogP contribution in [0.5, 0.6) is 0 Å². The Labute approximate surface area is 93.7 Å². The van der Waals surface area contributed by atoms with Crippen molar-refractivity contribution in [2.45, 2.75) is 20.8 Å². The molecule has 0 aliphatic heterocycles. The first-order valence-corrected chi connectivity index (χ1v) is 5.10. The van der Waals surface area contributed by atoms with Crippen LogP contribution in [0.4, 0.5) is 0 Å². The van der Waals surface area contributed by atoms with Gasteiger partial charge in [-0.2, -0.15) is 0 Å². The van der Waals surface area contributed by atoms with Gasteiger partial charge in [0.1, 0.15) is 0 Å². The average Bonchev–Trinajstić information content (AvgIpc) is 2.25. The lowest BCUT2D eigenvalue weighted by Crippen LogP contribution is -1.99. The van der Waals surface area contributed by atoms with Crippen molar-refractivity contribution in [2.24, 2.45) is 0 Å². The van der Waals surface area contributed by atoms with Gasteiger partial charge in [0.25, 0.3) is 0 Å². The molecule has 1 aromatic heterocycles. The van der Waals surface area contributed by atoms with Gasteiger partial charge in [-0.05, 0) is 49.6 Å². The van der Waals surface area contributed by atoms with Crippen LogP contribution in [-0.2, 0) is 0 Å². The summed E-state index contributed by atoms with van der Waals surface area (Å²) >= 11 is 0. The van der Waals surface area contributed by atoms with E-state index in [4.69, 9.17) is 5.11 Å². The van der Waals surface area contributed by atoms with Crippen LogP contribution >= 0.6 is 0 Å². The molecule has 3 nitrogen and oxygen atoms in total. The molecule has 1 N–H and O–H groups in total. The molecular weight excluding hydrogens is 202 g/mol. The van der Waals surface area contributed by atoms with Gasteiger partial charge in [-0.3, -0.25) is 4.98 Å². The lowest BCUT2D eigenvalue weighted by Gasteiger charge is -2.08. The summed E-state index contributed by atoms with van der Waals surface area (Å²) in [6, 6.07) is 3.65. The van der Waals surface area contributed by atoms with Gasteiger partial charge in [-0.25, -0.2) is 4.79 Å². The van der Waals surface area contributed by atoms with Crippen LogP contribution in [0.3, 0.4) is 0 Å². The van der Waals surface area contributed by atoms with Crippen LogP contribution in [0, 0.1) is 20.8 Å². The molecular formula is C13H13NO2. The van der Waals surface area contributed by atoms with Crippen molar-refractivity contribution in [1.29, 1.82) is 0 Å². The lowest BCUT2D eigenvalue weighted by atomic mass is 9.99. The van der Waals surface area contributed by atoms with Gasteiger partial charge in [0.05, 0.1) is 11.1 Å². The number of nitrogens with zero attached hydrogens (tertiary/aromatic N) is 1. The molecule has 1 heterocycles. The number of aromatic carboxylic acids is 1. The largest absolute Gasteiger partial charge is 0.478 e. The Kier molecular flexibility index (Phi) is 2.38. The smallest absolute Gasteiger partial charge is 0.337 e. The molecule has 0 fully saturated rings. The molecule has 0 unspecified atom stereocenters. The molecule has 0 atom stereocenters. The average molecular weight is 215 g/mol. The normalized spacial score (nSPS) is 10.7. The number of rotatable bonds is 1. The molecule has 0 bridgehead atoms. The highest BCUT2D eigenvalue weighted by Gasteiger charge is 2.08. The van der Waals surface area contributed by atoms with Crippen LogP contribution < -0.4 is 0 Å². The second-order valence-corrected chi connectivity index (χ2v) is 4.04. The summed E-state index contributed by atoms with van der Waals surface area (Å²) in [5, 5.41) is 9.79. The Morgan fingerprint density at radius 2 is 1.88 bits per heavy atom. The zero-order valence-corrected chi connectivity index (χ0v) is 9.53. The first kappa shape index (κ1) is 10.6. The van der Waals surface area contributed by atoms with Gasteiger partial charge < -0.3 is 5.11 Å². The SMILES string of the molecule is Cc1cc2cc(C(=O)O)cnc2c(C)c1C. The quantitative estimate of drug-likeness (QED) is 0.795. The number of fused-ring (bicyclic) bond motifs is 1. The lowest BCUT2D eigenvalue weighted by molar-refractivity contribution is 0.0696. The third kappa shape index (κ3) is 1.54. The molecule has 82 valence electrons. The third-order valence-electron chi connectivity index (χ3n) is 3.05. The van der Waals surface area contributed by atoms with Crippen molar-refractivity contribution in [3.63, 3.8) is 0 Å². The third-order valence-corrected chi connectivity index (χ3v) is 3.05. The molecule has 0 radical (unpaired) electrons. The van der Waals surface area contributed by atoms with E-state index in [1.807, 2.05) is 19.9 Å². The standard InChI is InChI=1S/C13H13NO2/c1-7-4-10-5-11(13(15)16)6-14-12(10)9(3)8(7)2/h4-6H,1-3H3,(H,15,16). The van der Waals surface area contributed by atoms with Gasteiger partial charge in [0, 0.05) is 11.6 Å². The zero-order valence-electron chi connectivity index (χ0n) is 9.53. The monoisotopic (exact) mass is 215 g/mol. The van der Waals surface area contributed by atoms with Crippen LogP contribution in [-0.4, -0.2) is 16.1 Å². The molecule has 16 heavy (non-hydrogen) atoms. The number of hydrogen-bond acceptors (Lipinski definition) is 2. The molecule has 0 amide bonds. The van der Waals surface area contributed by atoms with Crippen molar-refractivity contribution >= 4 is 16.9 Å². The Morgan fingerprint density at radius 1 is 1.19 bits per heavy atom. The summed E-state index contributed by atoms with van der Waals surface area (Å²) in [6.45, 7) is 6.09. The fraction of sp³-hybridized carbons (Fsp3) is 0.231. The van der Waals surface area contributed by atoms with E-state index in [9.17, 15) is 4.79 Å². The number of hydrogen-bond donors (Lipinski definition) is 1. The van der Waals surface area contributed by atoms with Crippen LogP contribution in [0.2, 0.25) is 0 Å². The second kappa shape index (κ2) is 3.59. The maximum atomic E-state index is 10.8. The summed E-state index contributed by atoms with van der Waals surface area (Å²) in [5.74, 6) is -0.940. The van der Waals surface area contributed by atoms with Gasteiger partial charge in [0.15, 0.2) is 0 Å². The summed E-state index contributed by atoms with van der Waals surface area (Å²) in [6.07, 6.45) is 1.41. The van der Waals surface area contributed by atoms with E-state index in [2.05, 4.69) is 11.9 Å². The van der Waals surface area contributed by atoms with E-state index in [1.54, 1.807) is 6.07 Å². The molecule has 2 rings (SSSR count). The van der Waals surface area contributed by atoms with Gasteiger partial charge in [-0.15, -0.1) is 0 Å². The number of carboxylic acids is 1.